The zero-order chi connectivity index (χ0) is 9.31. The quantitative estimate of drug-likeness (QED) is 0.542. The Morgan fingerprint density at radius 2 is 1.23 bits per heavy atom. The molecule has 0 N–H and O–H groups in total. The molecule has 2 unspecified atom stereocenters. The molecule has 0 heterocycles. The molecule has 0 radical (unpaired) electrons. The minimum atomic E-state index is -1.18. The molecule has 0 aliphatic heterocycles. The highest BCUT2D eigenvalue weighted by Crippen LogP contribution is 2.48. The Morgan fingerprint density at radius 1 is 0.769 bits per heavy atom. The standard InChI is InChI=1S/C11H18F2/c12-9-3-7-11(5-1-2-6-11)8-4-10(9)13/h9-10H,1-8H2. The first kappa shape index (κ1) is 9.42. The molecule has 0 bridgehead atoms. The maximum atomic E-state index is 13.1. The van der Waals surface area contributed by atoms with Crippen molar-refractivity contribution in [2.24, 2.45) is 5.41 Å². The molecule has 76 valence electrons. The van der Waals surface area contributed by atoms with Crippen LogP contribution >= 0.6 is 0 Å². The van der Waals surface area contributed by atoms with Crippen molar-refractivity contribution in [3.05, 3.63) is 0 Å². The minimum absolute atomic E-state index is 0.338. The SMILES string of the molecule is FC1CCC2(CCCC2)CCC1F. The minimum Gasteiger partial charge on any atom is -0.244 e. The Kier molecular flexibility index (Phi) is 2.57. The van der Waals surface area contributed by atoms with Gasteiger partial charge >= 0.3 is 0 Å². The summed E-state index contributed by atoms with van der Waals surface area (Å²) in [5, 5.41) is 0. The van der Waals surface area contributed by atoms with Crippen molar-refractivity contribution < 1.29 is 8.78 Å². The number of alkyl halides is 2. The largest absolute Gasteiger partial charge is 0.244 e. The fraction of sp³-hybridized carbons (Fsp3) is 1.00. The Hall–Kier alpha value is -0.140. The van der Waals surface area contributed by atoms with Crippen molar-refractivity contribution in [1.29, 1.82) is 0 Å². The van der Waals surface area contributed by atoms with E-state index in [0.717, 1.165) is 12.8 Å². The van der Waals surface area contributed by atoms with Crippen LogP contribution in [0.25, 0.3) is 0 Å². The van der Waals surface area contributed by atoms with Crippen LogP contribution in [0.4, 0.5) is 8.78 Å². The molecule has 0 aromatic rings. The van der Waals surface area contributed by atoms with E-state index < -0.39 is 12.3 Å². The lowest BCUT2D eigenvalue weighted by atomic mass is 9.79. The molecule has 2 atom stereocenters. The predicted octanol–water partition coefficient (Wildman–Crippen LogP) is 3.80. The van der Waals surface area contributed by atoms with Crippen LogP contribution in [0.5, 0.6) is 0 Å². The summed E-state index contributed by atoms with van der Waals surface area (Å²) in [5.41, 5.74) is 0.338. The fourth-order valence-corrected chi connectivity index (χ4v) is 3.00. The zero-order valence-corrected chi connectivity index (χ0v) is 8.07. The van der Waals surface area contributed by atoms with Crippen molar-refractivity contribution in [2.45, 2.75) is 63.7 Å². The summed E-state index contributed by atoms with van der Waals surface area (Å²) in [6.07, 6.45) is 5.38. The molecule has 0 aromatic heterocycles. The van der Waals surface area contributed by atoms with Crippen LogP contribution in [0, 0.1) is 5.41 Å². The van der Waals surface area contributed by atoms with E-state index in [2.05, 4.69) is 0 Å². The van der Waals surface area contributed by atoms with Gasteiger partial charge in [0.1, 0.15) is 12.3 Å². The lowest BCUT2D eigenvalue weighted by Crippen LogP contribution is -2.14. The van der Waals surface area contributed by atoms with Gasteiger partial charge in [0.15, 0.2) is 0 Å². The monoisotopic (exact) mass is 188 g/mol. The molecule has 0 aromatic carbocycles. The highest BCUT2D eigenvalue weighted by Gasteiger charge is 2.38. The first-order valence-electron chi connectivity index (χ1n) is 5.50. The van der Waals surface area contributed by atoms with Gasteiger partial charge < -0.3 is 0 Å². The Balaban J connectivity index is 2.00. The van der Waals surface area contributed by atoms with E-state index in [1.165, 1.54) is 25.7 Å². The molecule has 2 rings (SSSR count). The van der Waals surface area contributed by atoms with Gasteiger partial charge in [-0.05, 0) is 43.9 Å². The van der Waals surface area contributed by atoms with E-state index in [9.17, 15) is 8.78 Å². The van der Waals surface area contributed by atoms with Crippen LogP contribution < -0.4 is 0 Å². The summed E-state index contributed by atoms with van der Waals surface area (Å²) < 4.78 is 26.2. The van der Waals surface area contributed by atoms with E-state index in [-0.39, 0.29) is 0 Å². The van der Waals surface area contributed by atoms with Gasteiger partial charge in [0.2, 0.25) is 0 Å². The number of hydrogen-bond acceptors (Lipinski definition) is 0. The molecule has 1 spiro atoms. The average molecular weight is 188 g/mol. The van der Waals surface area contributed by atoms with Crippen LogP contribution in [0.2, 0.25) is 0 Å². The van der Waals surface area contributed by atoms with Crippen molar-refractivity contribution in [3.8, 4) is 0 Å². The summed E-state index contributed by atoms with van der Waals surface area (Å²) >= 11 is 0. The molecule has 0 saturated heterocycles. The third-order valence-corrected chi connectivity index (χ3v) is 3.96. The van der Waals surface area contributed by atoms with Gasteiger partial charge in [-0.3, -0.25) is 0 Å². The molecule has 2 aliphatic carbocycles. The third kappa shape index (κ3) is 1.87. The molecule has 2 heteroatoms. The van der Waals surface area contributed by atoms with Crippen LogP contribution in [-0.4, -0.2) is 12.3 Å². The second kappa shape index (κ2) is 3.55. The van der Waals surface area contributed by atoms with Gasteiger partial charge in [-0.15, -0.1) is 0 Å². The van der Waals surface area contributed by atoms with Gasteiger partial charge in [-0.1, -0.05) is 12.8 Å². The van der Waals surface area contributed by atoms with Crippen LogP contribution in [0.15, 0.2) is 0 Å². The van der Waals surface area contributed by atoms with Crippen molar-refractivity contribution in [2.75, 3.05) is 0 Å². The van der Waals surface area contributed by atoms with Gasteiger partial charge in [0, 0.05) is 0 Å². The molecule has 2 saturated carbocycles. The second-order valence-corrected chi connectivity index (χ2v) is 4.82. The third-order valence-electron chi connectivity index (χ3n) is 3.96. The maximum absolute atomic E-state index is 13.1. The summed E-state index contributed by atoms with van der Waals surface area (Å²) in [7, 11) is 0. The molecular weight excluding hydrogens is 170 g/mol. The summed E-state index contributed by atoms with van der Waals surface area (Å²) in [5.74, 6) is 0. The molecular formula is C11H18F2. The zero-order valence-electron chi connectivity index (χ0n) is 8.07. The fourth-order valence-electron chi connectivity index (χ4n) is 3.00. The number of hydrogen-bond donors (Lipinski definition) is 0. The molecule has 2 aliphatic rings. The second-order valence-electron chi connectivity index (χ2n) is 4.82. The highest BCUT2D eigenvalue weighted by atomic mass is 19.2. The Morgan fingerprint density at radius 3 is 1.69 bits per heavy atom. The topological polar surface area (TPSA) is 0 Å². The van der Waals surface area contributed by atoms with E-state index in [1.807, 2.05) is 0 Å². The molecule has 13 heavy (non-hydrogen) atoms. The number of rotatable bonds is 0. The first-order chi connectivity index (χ1) is 6.22. The van der Waals surface area contributed by atoms with Crippen molar-refractivity contribution in [1.82, 2.24) is 0 Å². The lowest BCUT2D eigenvalue weighted by Gasteiger charge is -2.26. The van der Waals surface area contributed by atoms with Crippen LogP contribution in [0.3, 0.4) is 0 Å². The van der Waals surface area contributed by atoms with Gasteiger partial charge in [-0.2, -0.15) is 0 Å². The van der Waals surface area contributed by atoms with Crippen LogP contribution in [0.1, 0.15) is 51.4 Å². The van der Waals surface area contributed by atoms with E-state index in [1.54, 1.807) is 0 Å². The van der Waals surface area contributed by atoms with E-state index in [0.29, 0.717) is 18.3 Å². The van der Waals surface area contributed by atoms with Crippen molar-refractivity contribution in [3.63, 3.8) is 0 Å². The van der Waals surface area contributed by atoms with Gasteiger partial charge in [0.25, 0.3) is 0 Å². The molecule has 0 amide bonds. The number of halogens is 2. The van der Waals surface area contributed by atoms with Crippen LogP contribution in [-0.2, 0) is 0 Å². The molecule has 0 nitrogen and oxygen atoms in total. The maximum Gasteiger partial charge on any atom is 0.131 e. The first-order valence-corrected chi connectivity index (χ1v) is 5.50. The Bertz CT molecular complexity index is 159. The summed E-state index contributed by atoms with van der Waals surface area (Å²) in [6, 6.07) is 0. The summed E-state index contributed by atoms with van der Waals surface area (Å²) in [6.45, 7) is 0. The molecule has 2 fully saturated rings. The highest BCUT2D eigenvalue weighted by molar-refractivity contribution is 4.90. The van der Waals surface area contributed by atoms with E-state index >= 15 is 0 Å². The summed E-state index contributed by atoms with van der Waals surface area (Å²) in [4.78, 5) is 0. The Labute approximate surface area is 78.7 Å². The average Bonchev–Trinajstić information content (AvgIpc) is 2.54. The lowest BCUT2D eigenvalue weighted by molar-refractivity contribution is 0.158. The van der Waals surface area contributed by atoms with Gasteiger partial charge in [-0.25, -0.2) is 8.78 Å². The van der Waals surface area contributed by atoms with Gasteiger partial charge in [0.05, 0.1) is 0 Å². The predicted molar refractivity (Wildman–Crippen MR) is 49.2 cm³/mol. The normalized spacial score (nSPS) is 39.2. The smallest absolute Gasteiger partial charge is 0.131 e. The van der Waals surface area contributed by atoms with E-state index in [4.69, 9.17) is 0 Å². The van der Waals surface area contributed by atoms with Crippen molar-refractivity contribution >= 4 is 0 Å².